The molecule has 8 atom stereocenters. The lowest BCUT2D eigenvalue weighted by Crippen LogP contribution is -2.52. The van der Waals surface area contributed by atoms with Gasteiger partial charge >= 0.3 is 47.8 Å². The van der Waals surface area contributed by atoms with E-state index < -0.39 is 152 Å². The topological polar surface area (TPSA) is 341 Å². The van der Waals surface area contributed by atoms with Crippen molar-refractivity contribution in [2.24, 2.45) is 47.3 Å². The molecular weight excluding hydrogens is 1770 g/mol. The van der Waals surface area contributed by atoms with Crippen molar-refractivity contribution in [2.75, 3.05) is 0 Å². The van der Waals surface area contributed by atoms with Gasteiger partial charge in [-0.05, 0) is 103 Å². The maximum atomic E-state index is 13.8. The minimum atomic E-state index is -1.35. The molecule has 0 aliphatic heterocycles. The normalized spacial score (nSPS) is 21.0. The molecule has 16 aromatic rings. The van der Waals surface area contributed by atoms with E-state index in [2.05, 4.69) is 5.92 Å². The number of carbonyl (C=O) groups is 8. The van der Waals surface area contributed by atoms with Crippen LogP contribution in [0.1, 0.15) is 97.4 Å². The standard InChI is InChI=1S/2C30H24O4.C30H22O4.C28H20N2O8/c31-29(32)27-25(21-13-6-2-7-14-21)28(26(27)22-15-8-3-9-16-22)30(33)34-24-18-10-17-23(19-24)20-11-4-1-5-12-20;31-29(32)27-25(22-12-6-2-7-13-22)28(26(27)23-14-8-3-9-15-23)30(33)34-24-18-16-21(17-19-24)20-10-4-1-5-11-20;1-2-19-15-9-17-23-22(19)16-10-18-24(23)34-30(33)28-25(20-11-5-3-6-12-20)27(29(31)32)26(28)21-13-7-4-8-14-21;31-27(32)25-23(18-11-3-5-13-20(18)29(34)35)26(24(25)19-12-4-6-14-21(19)30(36)37)28(33)38-22-15-7-9-16-8-1-2-10-17(16)22/h2*1-19,25-28H,(H,31,32);1,3-18,25-28H,(H,31,32);1-15,23-26H,(H,31,32)/t3*25-,26-,27?,28?;23-,24-,25?,26?/m0000/s1. The fourth-order valence-electron chi connectivity index (χ4n) is 20.8. The SMILES string of the molecule is C#Cc1cccc2c(OC(=O)C3[C@@H](c4ccccc4)C(C(=O)O)[C@@H]3c3ccccc3)cccc12.O=C(O)C1[C@H](c2ccccc2)C(C(=O)Oc2ccc(-c3ccccc3)cc2)[C@H]1c1ccccc1.O=C(O)C1[C@H](c2ccccc2)C(C(=O)Oc2cccc(-c3ccccc3)c2)[C@H]1c1ccccc1.O=C(O)C1[C@H](c2ccccc2[N+](=O)[O-])C(C(=O)Oc2cccc3ccccc23)[C@H]1c1ccccc1[N+](=O)[O-]. The Bertz CT molecular complexity index is 7090. The van der Waals surface area contributed by atoms with Crippen LogP contribution in [0.25, 0.3) is 43.8 Å². The summed E-state index contributed by atoms with van der Waals surface area (Å²) in [6.07, 6.45) is 5.64. The van der Waals surface area contributed by atoms with Crippen molar-refractivity contribution >= 4 is 80.7 Å². The maximum absolute atomic E-state index is 13.8. The van der Waals surface area contributed by atoms with Crippen molar-refractivity contribution in [1.82, 2.24) is 0 Å². The number of nitro benzene ring substituents is 2. The molecular formula is C118H90N2O20. The zero-order valence-electron chi connectivity index (χ0n) is 74.9. The Morgan fingerprint density at radius 3 is 0.907 bits per heavy atom. The second-order valence-corrected chi connectivity index (χ2v) is 34.6. The van der Waals surface area contributed by atoms with Gasteiger partial charge in [-0.15, -0.1) is 6.42 Å². The van der Waals surface area contributed by atoms with Crippen LogP contribution in [-0.4, -0.2) is 78.0 Å². The summed E-state index contributed by atoms with van der Waals surface area (Å²) in [5.41, 5.74) is 9.20. The number of carboxylic acid groups (broad SMARTS) is 4. The number of nitro groups is 2. The molecule has 140 heavy (non-hydrogen) atoms. The van der Waals surface area contributed by atoms with Crippen LogP contribution in [0.2, 0.25) is 0 Å². The Morgan fingerprint density at radius 2 is 0.521 bits per heavy atom. The van der Waals surface area contributed by atoms with E-state index in [1.807, 2.05) is 315 Å². The van der Waals surface area contributed by atoms with Crippen molar-refractivity contribution in [1.29, 1.82) is 0 Å². The Morgan fingerprint density at radius 1 is 0.250 bits per heavy atom. The number of carbonyl (C=O) groups excluding carboxylic acids is 4. The molecule has 22 nitrogen and oxygen atoms in total. The van der Waals surface area contributed by atoms with Gasteiger partial charge in [0.15, 0.2) is 0 Å². The maximum Gasteiger partial charge on any atom is 0.315 e. The second kappa shape index (κ2) is 42.4. The van der Waals surface area contributed by atoms with Gasteiger partial charge in [0.25, 0.3) is 11.4 Å². The third-order valence-electron chi connectivity index (χ3n) is 27.1. The van der Waals surface area contributed by atoms with E-state index in [9.17, 15) is 79.0 Å². The van der Waals surface area contributed by atoms with E-state index in [-0.39, 0.29) is 28.3 Å². The average Bonchev–Trinajstić information content (AvgIpc) is 0.714. The summed E-state index contributed by atoms with van der Waals surface area (Å²) in [4.78, 5) is 126. The summed E-state index contributed by atoms with van der Waals surface area (Å²) in [5, 5.41) is 67.1. The number of rotatable bonds is 24. The second-order valence-electron chi connectivity index (χ2n) is 34.6. The molecule has 0 saturated heterocycles. The molecule has 0 aromatic heterocycles. The minimum Gasteiger partial charge on any atom is -0.481 e. The van der Waals surface area contributed by atoms with Crippen molar-refractivity contribution in [2.45, 2.75) is 47.3 Å². The molecule has 4 aliphatic rings. The number of benzene rings is 16. The Balaban J connectivity index is 0.000000129. The fourth-order valence-corrected chi connectivity index (χ4v) is 20.8. The van der Waals surface area contributed by atoms with Crippen LogP contribution in [0, 0.1) is 79.9 Å². The lowest BCUT2D eigenvalue weighted by atomic mass is 9.52. The van der Waals surface area contributed by atoms with Gasteiger partial charge in [-0.3, -0.25) is 58.6 Å². The first-order valence-electron chi connectivity index (χ1n) is 45.5. The van der Waals surface area contributed by atoms with Crippen LogP contribution in [0.3, 0.4) is 0 Å². The number of hydrogen-bond donors (Lipinski definition) is 4. The van der Waals surface area contributed by atoms with Gasteiger partial charge in [-0.2, -0.15) is 0 Å². The van der Waals surface area contributed by atoms with Crippen LogP contribution in [0.4, 0.5) is 11.4 Å². The number of aliphatic carboxylic acids is 4. The van der Waals surface area contributed by atoms with Crippen molar-refractivity contribution in [3.8, 4) is 57.6 Å². The van der Waals surface area contributed by atoms with Crippen LogP contribution < -0.4 is 18.9 Å². The minimum absolute atomic E-state index is 0.0552. The summed E-state index contributed by atoms with van der Waals surface area (Å²) < 4.78 is 23.4. The highest BCUT2D eigenvalue weighted by Gasteiger charge is 2.64. The lowest BCUT2D eigenvalue weighted by Gasteiger charge is -2.49. The molecule has 4 fully saturated rings. The molecule has 22 heteroatoms. The first kappa shape index (κ1) is 93.9. The zero-order chi connectivity index (χ0) is 97.6. The van der Waals surface area contributed by atoms with Crippen LogP contribution >= 0.6 is 0 Å². The number of ether oxygens (including phenoxy) is 4. The quantitative estimate of drug-likeness (QED) is 0.0143. The highest BCUT2D eigenvalue weighted by molar-refractivity contribution is 5.97. The first-order valence-corrected chi connectivity index (χ1v) is 45.5. The van der Waals surface area contributed by atoms with Gasteiger partial charge in [0, 0.05) is 92.3 Å². The van der Waals surface area contributed by atoms with Crippen molar-refractivity contribution in [3.05, 3.63) is 489 Å². The molecule has 4 aliphatic carbocycles. The van der Waals surface area contributed by atoms with Crippen molar-refractivity contribution < 1.29 is 87.6 Å². The summed E-state index contributed by atoms with van der Waals surface area (Å²) in [5.74, 6) is -13.7. The summed E-state index contributed by atoms with van der Waals surface area (Å²) >= 11 is 0. The first-order chi connectivity index (χ1) is 68.1. The Hall–Kier alpha value is -17.8. The third kappa shape index (κ3) is 19.6. The van der Waals surface area contributed by atoms with E-state index in [0.29, 0.717) is 28.2 Å². The van der Waals surface area contributed by atoms with Gasteiger partial charge in [0.05, 0.1) is 57.2 Å². The molecule has 692 valence electrons. The summed E-state index contributed by atoms with van der Waals surface area (Å²) in [6.45, 7) is 0. The molecule has 0 heterocycles. The highest BCUT2D eigenvalue weighted by Crippen LogP contribution is 2.63. The van der Waals surface area contributed by atoms with Gasteiger partial charge < -0.3 is 39.4 Å². The predicted octanol–water partition coefficient (Wildman–Crippen LogP) is 23.4. The largest absolute Gasteiger partial charge is 0.481 e. The molecule has 0 bridgehead atoms. The van der Waals surface area contributed by atoms with Gasteiger partial charge in [-0.1, -0.05) is 370 Å². The van der Waals surface area contributed by atoms with Crippen LogP contribution in [-0.2, 0) is 38.4 Å². The Kier molecular flexibility index (Phi) is 28.4. The average molecular weight is 1860 g/mol. The number of carboxylic acids is 4. The molecule has 0 amide bonds. The van der Waals surface area contributed by atoms with E-state index in [1.165, 1.54) is 48.5 Å². The number of para-hydroxylation sites is 2. The number of esters is 4. The number of hydrogen-bond acceptors (Lipinski definition) is 16. The summed E-state index contributed by atoms with van der Waals surface area (Å²) in [6, 6.07) is 125. The number of terminal acetylenes is 1. The van der Waals surface area contributed by atoms with Gasteiger partial charge in [0.1, 0.15) is 23.0 Å². The number of fused-ring (bicyclic) bond motifs is 2. The molecule has 20 rings (SSSR count). The molecule has 0 unspecified atom stereocenters. The van der Waals surface area contributed by atoms with Crippen LogP contribution in [0.15, 0.2) is 419 Å². The molecule has 4 saturated carbocycles. The zero-order valence-corrected chi connectivity index (χ0v) is 74.9. The Labute approximate surface area is 804 Å². The molecule has 4 N–H and O–H groups in total. The third-order valence-corrected chi connectivity index (χ3v) is 27.1. The lowest BCUT2D eigenvalue weighted by molar-refractivity contribution is -0.386. The fraction of sp³-hybridized carbons (Fsp3) is 0.136. The smallest absolute Gasteiger partial charge is 0.315 e. The highest BCUT2D eigenvalue weighted by atomic mass is 16.6. The molecule has 0 radical (unpaired) electrons. The van der Waals surface area contributed by atoms with Gasteiger partial charge in [-0.25, -0.2) is 0 Å². The number of nitrogens with zero attached hydrogens (tertiary/aromatic N) is 2. The predicted molar refractivity (Wildman–Crippen MR) is 527 cm³/mol. The molecule has 16 aromatic carbocycles. The monoisotopic (exact) mass is 1850 g/mol. The summed E-state index contributed by atoms with van der Waals surface area (Å²) in [7, 11) is 0. The van der Waals surface area contributed by atoms with Crippen LogP contribution in [0.5, 0.6) is 23.0 Å². The molecule has 0 spiro atoms. The van der Waals surface area contributed by atoms with E-state index in [4.69, 9.17) is 25.4 Å². The van der Waals surface area contributed by atoms with Gasteiger partial charge in [0.2, 0.25) is 0 Å². The van der Waals surface area contributed by atoms with E-state index in [1.54, 1.807) is 54.6 Å². The van der Waals surface area contributed by atoms with E-state index >= 15 is 0 Å². The van der Waals surface area contributed by atoms with E-state index in [0.717, 1.165) is 71.8 Å². The van der Waals surface area contributed by atoms with Crippen molar-refractivity contribution in [3.63, 3.8) is 0 Å².